The summed E-state index contributed by atoms with van der Waals surface area (Å²) in [6, 6.07) is 15.9. The quantitative estimate of drug-likeness (QED) is 0.719. The molecule has 6 heteroatoms. The van der Waals surface area contributed by atoms with Crippen LogP contribution in [0, 0.1) is 0 Å². The van der Waals surface area contributed by atoms with Crippen LogP contribution >= 0.6 is 11.3 Å². The third-order valence-corrected chi connectivity index (χ3v) is 6.16. The summed E-state index contributed by atoms with van der Waals surface area (Å²) in [6.45, 7) is -0.0827. The number of hydrogen-bond donors (Lipinski definition) is 2. The second-order valence-electron chi connectivity index (χ2n) is 5.18. The van der Waals surface area contributed by atoms with Crippen molar-refractivity contribution in [3.63, 3.8) is 0 Å². The zero-order valence-electron chi connectivity index (χ0n) is 12.3. The highest BCUT2D eigenvalue weighted by molar-refractivity contribution is 7.89. The maximum atomic E-state index is 12.8. The Morgan fingerprint density at radius 2 is 1.83 bits per heavy atom. The van der Waals surface area contributed by atoms with E-state index in [-0.39, 0.29) is 11.5 Å². The monoisotopic (exact) mass is 347 g/mol. The van der Waals surface area contributed by atoms with Crippen molar-refractivity contribution in [1.82, 2.24) is 4.72 Å². The molecule has 0 radical (unpaired) electrons. The van der Waals surface area contributed by atoms with Crippen LogP contribution in [-0.4, -0.2) is 20.1 Å². The van der Waals surface area contributed by atoms with E-state index in [1.807, 2.05) is 41.8 Å². The number of thiophene rings is 1. The van der Waals surface area contributed by atoms with Crippen LogP contribution in [0.5, 0.6) is 0 Å². The Hall–Kier alpha value is -1.73. The lowest BCUT2D eigenvalue weighted by Gasteiger charge is -2.17. The summed E-state index contributed by atoms with van der Waals surface area (Å²) in [5, 5.41) is 12.7. The molecule has 120 valence electrons. The molecule has 3 rings (SSSR count). The summed E-state index contributed by atoms with van der Waals surface area (Å²) in [5.74, 6) is 0. The van der Waals surface area contributed by atoms with Crippen molar-refractivity contribution in [2.45, 2.75) is 17.4 Å². The Morgan fingerprint density at radius 3 is 2.57 bits per heavy atom. The van der Waals surface area contributed by atoms with Gasteiger partial charge < -0.3 is 5.11 Å². The molecule has 0 bridgehead atoms. The zero-order valence-corrected chi connectivity index (χ0v) is 14.0. The molecule has 2 N–H and O–H groups in total. The Balaban J connectivity index is 2.00. The molecule has 23 heavy (non-hydrogen) atoms. The van der Waals surface area contributed by atoms with Gasteiger partial charge in [-0.05, 0) is 29.3 Å². The lowest BCUT2D eigenvalue weighted by atomic mass is 10.1. The highest BCUT2D eigenvalue weighted by atomic mass is 32.2. The topological polar surface area (TPSA) is 66.4 Å². The Morgan fingerprint density at radius 1 is 1.04 bits per heavy atom. The van der Waals surface area contributed by atoms with Crippen LogP contribution in [0.3, 0.4) is 0 Å². The van der Waals surface area contributed by atoms with Crippen molar-refractivity contribution in [2.75, 3.05) is 6.61 Å². The van der Waals surface area contributed by atoms with Gasteiger partial charge in [-0.15, -0.1) is 11.3 Å². The van der Waals surface area contributed by atoms with E-state index in [4.69, 9.17) is 0 Å². The van der Waals surface area contributed by atoms with Gasteiger partial charge in [0.2, 0.25) is 10.0 Å². The Bertz CT molecular complexity index is 884. The summed E-state index contributed by atoms with van der Waals surface area (Å²) in [7, 11) is -3.69. The fraction of sp³-hybridized carbons (Fsp3) is 0.176. The molecule has 0 aliphatic heterocycles. The molecule has 0 amide bonds. The fourth-order valence-electron chi connectivity index (χ4n) is 2.56. The van der Waals surface area contributed by atoms with E-state index in [9.17, 15) is 13.5 Å². The van der Waals surface area contributed by atoms with Gasteiger partial charge in [-0.25, -0.2) is 13.1 Å². The second-order valence-corrected chi connectivity index (χ2v) is 7.84. The largest absolute Gasteiger partial charge is 0.396 e. The molecule has 1 aromatic heterocycles. The van der Waals surface area contributed by atoms with E-state index in [1.165, 1.54) is 11.3 Å². The first-order chi connectivity index (χ1) is 11.1. The second kappa shape index (κ2) is 6.80. The summed E-state index contributed by atoms with van der Waals surface area (Å²) in [6.07, 6.45) is 0.338. The van der Waals surface area contributed by atoms with Crippen molar-refractivity contribution >= 4 is 32.1 Å². The first-order valence-corrected chi connectivity index (χ1v) is 9.62. The molecule has 0 aliphatic rings. The standard InChI is InChI=1S/C17H17NO3S2/c19-11-10-15(16-8-4-12-22-16)18-23(20,21)17-9-3-6-13-5-1-2-7-14(13)17/h1-9,12,15,18-19H,10-11H2/t15-/m1/s1. The predicted molar refractivity (Wildman–Crippen MR) is 93.0 cm³/mol. The molecule has 1 atom stereocenters. The van der Waals surface area contributed by atoms with Gasteiger partial charge >= 0.3 is 0 Å². The van der Waals surface area contributed by atoms with E-state index in [2.05, 4.69) is 4.72 Å². The molecule has 0 aliphatic carbocycles. The minimum absolute atomic E-state index is 0.0827. The normalized spacial score (nSPS) is 13.3. The molecule has 2 aromatic carbocycles. The van der Waals surface area contributed by atoms with Gasteiger partial charge in [-0.2, -0.15) is 0 Å². The van der Waals surface area contributed by atoms with Gasteiger partial charge in [0.05, 0.1) is 10.9 Å². The third kappa shape index (κ3) is 3.45. The number of sulfonamides is 1. The number of aliphatic hydroxyl groups is 1. The van der Waals surface area contributed by atoms with Gasteiger partial charge in [0.1, 0.15) is 0 Å². The average molecular weight is 347 g/mol. The van der Waals surface area contributed by atoms with E-state index in [0.717, 1.165) is 10.3 Å². The van der Waals surface area contributed by atoms with E-state index in [0.29, 0.717) is 11.8 Å². The van der Waals surface area contributed by atoms with Gasteiger partial charge in [-0.1, -0.05) is 42.5 Å². The molecule has 3 aromatic rings. The Kier molecular flexibility index (Phi) is 4.77. The maximum Gasteiger partial charge on any atom is 0.241 e. The van der Waals surface area contributed by atoms with Crippen LogP contribution in [0.15, 0.2) is 64.9 Å². The number of fused-ring (bicyclic) bond motifs is 1. The smallest absolute Gasteiger partial charge is 0.241 e. The van der Waals surface area contributed by atoms with Crippen molar-refractivity contribution in [3.05, 3.63) is 64.9 Å². The van der Waals surface area contributed by atoms with Crippen LogP contribution in [0.1, 0.15) is 17.3 Å². The highest BCUT2D eigenvalue weighted by Gasteiger charge is 2.23. The van der Waals surface area contributed by atoms with E-state index >= 15 is 0 Å². The van der Waals surface area contributed by atoms with Gasteiger partial charge in [-0.3, -0.25) is 0 Å². The number of aliphatic hydroxyl groups excluding tert-OH is 1. The first-order valence-electron chi connectivity index (χ1n) is 7.26. The Labute approximate surface area is 139 Å². The number of rotatable bonds is 6. The minimum atomic E-state index is -3.69. The highest BCUT2D eigenvalue weighted by Crippen LogP contribution is 2.27. The molecule has 1 heterocycles. The minimum Gasteiger partial charge on any atom is -0.396 e. The average Bonchev–Trinajstić information content (AvgIpc) is 3.08. The third-order valence-electron chi connectivity index (χ3n) is 3.64. The molecule has 0 saturated carbocycles. The lowest BCUT2D eigenvalue weighted by molar-refractivity contribution is 0.273. The van der Waals surface area contributed by atoms with Crippen molar-refractivity contribution in [2.24, 2.45) is 0 Å². The summed E-state index contributed by atoms with van der Waals surface area (Å²) < 4.78 is 28.4. The van der Waals surface area contributed by atoms with Crippen molar-refractivity contribution in [3.8, 4) is 0 Å². The molecular weight excluding hydrogens is 330 g/mol. The molecule has 0 spiro atoms. The predicted octanol–water partition coefficient (Wildman–Crippen LogP) is 3.30. The van der Waals surface area contributed by atoms with Gasteiger partial charge in [0.15, 0.2) is 0 Å². The van der Waals surface area contributed by atoms with E-state index in [1.54, 1.807) is 18.2 Å². The molecule has 0 fully saturated rings. The first kappa shape index (κ1) is 16.1. The van der Waals surface area contributed by atoms with Crippen molar-refractivity contribution < 1.29 is 13.5 Å². The summed E-state index contributed by atoms with van der Waals surface area (Å²) in [5.41, 5.74) is 0. The molecule has 0 unspecified atom stereocenters. The molecular formula is C17H17NO3S2. The van der Waals surface area contributed by atoms with Gasteiger partial charge in [0.25, 0.3) is 0 Å². The van der Waals surface area contributed by atoms with E-state index < -0.39 is 16.1 Å². The molecule has 4 nitrogen and oxygen atoms in total. The van der Waals surface area contributed by atoms with Crippen LogP contribution in [-0.2, 0) is 10.0 Å². The summed E-state index contributed by atoms with van der Waals surface area (Å²) in [4.78, 5) is 1.15. The fourth-order valence-corrected chi connectivity index (χ4v) is 4.93. The maximum absolute atomic E-state index is 12.8. The van der Waals surface area contributed by atoms with Crippen LogP contribution in [0.25, 0.3) is 10.8 Å². The number of benzene rings is 2. The lowest BCUT2D eigenvalue weighted by Crippen LogP contribution is -2.29. The van der Waals surface area contributed by atoms with Crippen LogP contribution in [0.2, 0.25) is 0 Å². The number of nitrogens with one attached hydrogen (secondary N) is 1. The number of hydrogen-bond acceptors (Lipinski definition) is 4. The van der Waals surface area contributed by atoms with Gasteiger partial charge in [0, 0.05) is 16.9 Å². The molecule has 0 saturated heterocycles. The summed E-state index contributed by atoms with van der Waals surface area (Å²) >= 11 is 1.47. The van der Waals surface area contributed by atoms with Crippen LogP contribution < -0.4 is 4.72 Å². The zero-order chi connectivity index (χ0) is 16.3. The van der Waals surface area contributed by atoms with Crippen LogP contribution in [0.4, 0.5) is 0 Å². The van der Waals surface area contributed by atoms with Crippen molar-refractivity contribution in [1.29, 1.82) is 0 Å². The SMILES string of the molecule is O=S(=O)(N[C@H](CCO)c1cccs1)c1cccc2ccccc12.